The predicted octanol–water partition coefficient (Wildman–Crippen LogP) is 3.16. The number of hydrazine groups is 1. The van der Waals surface area contributed by atoms with Crippen LogP contribution in [-0.2, 0) is 12.6 Å². The van der Waals surface area contributed by atoms with Gasteiger partial charge in [-0.1, -0.05) is 18.2 Å². The normalized spacial score (nSPS) is 13.2. The van der Waals surface area contributed by atoms with E-state index in [2.05, 4.69) is 10.4 Å². The Balaban J connectivity index is 2.26. The molecule has 0 saturated carbocycles. The molecule has 1 aromatic carbocycles. The molecule has 2 aromatic rings. The summed E-state index contributed by atoms with van der Waals surface area (Å²) in [5, 5.41) is 0. The molecule has 0 aliphatic carbocycles. The summed E-state index contributed by atoms with van der Waals surface area (Å²) in [4.78, 5) is 4.04. The lowest BCUT2D eigenvalue weighted by Gasteiger charge is -2.18. The van der Waals surface area contributed by atoms with Crippen LogP contribution in [0.3, 0.4) is 0 Å². The standard InChI is InChI=1S/C15H16F3N3/c1-10-5-6-20-9-13(10)14(21-19)8-11-3-2-4-12(7-11)15(16,17)18/h2-7,9,14,21H,8,19H2,1H3. The number of rotatable bonds is 4. The molecule has 0 radical (unpaired) electrons. The van der Waals surface area contributed by atoms with Crippen LogP contribution in [0.25, 0.3) is 0 Å². The molecule has 1 atom stereocenters. The van der Waals surface area contributed by atoms with Crippen molar-refractivity contribution >= 4 is 0 Å². The van der Waals surface area contributed by atoms with Gasteiger partial charge in [0, 0.05) is 12.4 Å². The molecule has 0 fully saturated rings. The first-order valence-electron chi connectivity index (χ1n) is 6.44. The van der Waals surface area contributed by atoms with E-state index in [9.17, 15) is 13.2 Å². The van der Waals surface area contributed by atoms with E-state index in [1.807, 2.05) is 13.0 Å². The summed E-state index contributed by atoms with van der Waals surface area (Å²) in [6, 6.07) is 6.82. The number of hydrogen-bond donors (Lipinski definition) is 2. The lowest BCUT2D eigenvalue weighted by atomic mass is 9.96. The van der Waals surface area contributed by atoms with Crippen LogP contribution in [0.15, 0.2) is 42.7 Å². The summed E-state index contributed by atoms with van der Waals surface area (Å²) in [6.45, 7) is 1.91. The summed E-state index contributed by atoms with van der Waals surface area (Å²) in [6.07, 6.45) is -0.650. The number of nitrogens with one attached hydrogen (secondary N) is 1. The number of hydrogen-bond acceptors (Lipinski definition) is 3. The molecule has 0 bridgehead atoms. The third kappa shape index (κ3) is 3.80. The van der Waals surface area contributed by atoms with Crippen molar-refractivity contribution in [3.05, 3.63) is 65.0 Å². The fourth-order valence-corrected chi connectivity index (χ4v) is 2.21. The van der Waals surface area contributed by atoms with Gasteiger partial charge in [0.15, 0.2) is 0 Å². The van der Waals surface area contributed by atoms with Crippen LogP contribution < -0.4 is 11.3 Å². The number of pyridine rings is 1. The molecule has 0 amide bonds. The van der Waals surface area contributed by atoms with Gasteiger partial charge in [-0.05, 0) is 42.2 Å². The Morgan fingerprint density at radius 2 is 2.05 bits per heavy atom. The smallest absolute Gasteiger partial charge is 0.271 e. The molecular weight excluding hydrogens is 279 g/mol. The summed E-state index contributed by atoms with van der Waals surface area (Å²) in [5.74, 6) is 5.55. The Hall–Kier alpha value is -1.92. The maximum atomic E-state index is 12.7. The van der Waals surface area contributed by atoms with E-state index in [4.69, 9.17) is 5.84 Å². The largest absolute Gasteiger partial charge is 0.416 e. The molecule has 6 heteroatoms. The quantitative estimate of drug-likeness (QED) is 0.673. The Morgan fingerprint density at radius 1 is 1.29 bits per heavy atom. The molecule has 0 aliphatic heterocycles. The molecule has 1 aromatic heterocycles. The molecule has 0 spiro atoms. The molecule has 0 aliphatic rings. The highest BCUT2D eigenvalue weighted by Gasteiger charge is 2.30. The van der Waals surface area contributed by atoms with Crippen molar-refractivity contribution in [1.29, 1.82) is 0 Å². The van der Waals surface area contributed by atoms with Crippen molar-refractivity contribution in [2.45, 2.75) is 25.6 Å². The van der Waals surface area contributed by atoms with Gasteiger partial charge < -0.3 is 0 Å². The van der Waals surface area contributed by atoms with Gasteiger partial charge in [-0.3, -0.25) is 16.3 Å². The van der Waals surface area contributed by atoms with E-state index >= 15 is 0 Å². The summed E-state index contributed by atoms with van der Waals surface area (Å²) >= 11 is 0. The first-order chi connectivity index (χ1) is 9.91. The van der Waals surface area contributed by atoms with Gasteiger partial charge in [-0.25, -0.2) is 0 Å². The monoisotopic (exact) mass is 295 g/mol. The third-order valence-electron chi connectivity index (χ3n) is 3.35. The number of alkyl halides is 3. The first kappa shape index (κ1) is 15.5. The molecule has 3 nitrogen and oxygen atoms in total. The summed E-state index contributed by atoms with van der Waals surface area (Å²) in [7, 11) is 0. The highest BCUT2D eigenvalue weighted by atomic mass is 19.4. The van der Waals surface area contributed by atoms with Crippen molar-refractivity contribution in [2.24, 2.45) is 5.84 Å². The van der Waals surface area contributed by atoms with E-state index < -0.39 is 11.7 Å². The van der Waals surface area contributed by atoms with Crippen molar-refractivity contribution in [2.75, 3.05) is 0 Å². The van der Waals surface area contributed by atoms with Crippen LogP contribution in [0.4, 0.5) is 13.2 Å². The van der Waals surface area contributed by atoms with Gasteiger partial charge in [0.05, 0.1) is 11.6 Å². The molecule has 21 heavy (non-hydrogen) atoms. The maximum absolute atomic E-state index is 12.7. The van der Waals surface area contributed by atoms with Crippen molar-refractivity contribution in [3.63, 3.8) is 0 Å². The minimum absolute atomic E-state index is 0.290. The van der Waals surface area contributed by atoms with E-state index in [0.717, 1.165) is 23.3 Å². The average molecular weight is 295 g/mol. The van der Waals surface area contributed by atoms with E-state index in [1.165, 1.54) is 6.07 Å². The Kier molecular flexibility index (Phi) is 4.59. The number of aromatic nitrogens is 1. The zero-order valence-electron chi connectivity index (χ0n) is 11.5. The second-order valence-electron chi connectivity index (χ2n) is 4.85. The van der Waals surface area contributed by atoms with Crippen LogP contribution >= 0.6 is 0 Å². The molecule has 3 N–H and O–H groups in total. The summed E-state index contributed by atoms with van der Waals surface area (Å²) < 4.78 is 38.2. The number of nitrogens with zero attached hydrogens (tertiary/aromatic N) is 1. The molecule has 1 unspecified atom stereocenters. The highest BCUT2D eigenvalue weighted by molar-refractivity contribution is 5.30. The van der Waals surface area contributed by atoms with Crippen LogP contribution in [-0.4, -0.2) is 4.98 Å². The second-order valence-corrected chi connectivity index (χ2v) is 4.85. The van der Waals surface area contributed by atoms with Gasteiger partial charge in [0.1, 0.15) is 0 Å². The maximum Gasteiger partial charge on any atom is 0.416 e. The van der Waals surface area contributed by atoms with Crippen LogP contribution in [0.2, 0.25) is 0 Å². The molecule has 0 saturated heterocycles. The zero-order valence-corrected chi connectivity index (χ0v) is 11.5. The van der Waals surface area contributed by atoms with Crippen molar-refractivity contribution in [3.8, 4) is 0 Å². The predicted molar refractivity (Wildman–Crippen MR) is 74.2 cm³/mol. The lowest BCUT2D eigenvalue weighted by Crippen LogP contribution is -2.30. The van der Waals surface area contributed by atoms with Crippen molar-refractivity contribution in [1.82, 2.24) is 10.4 Å². The van der Waals surface area contributed by atoms with E-state index in [1.54, 1.807) is 18.5 Å². The SMILES string of the molecule is Cc1ccncc1C(Cc1cccc(C(F)(F)F)c1)NN. The molecule has 112 valence electrons. The zero-order chi connectivity index (χ0) is 15.5. The van der Waals surface area contributed by atoms with Crippen LogP contribution in [0.5, 0.6) is 0 Å². The van der Waals surface area contributed by atoms with Crippen molar-refractivity contribution < 1.29 is 13.2 Å². The third-order valence-corrected chi connectivity index (χ3v) is 3.35. The summed E-state index contributed by atoms with van der Waals surface area (Å²) in [5.41, 5.74) is 4.42. The lowest BCUT2D eigenvalue weighted by molar-refractivity contribution is -0.137. The van der Waals surface area contributed by atoms with Gasteiger partial charge in [0.2, 0.25) is 0 Å². The second kappa shape index (κ2) is 6.24. The minimum Gasteiger partial charge on any atom is -0.271 e. The Labute approximate surface area is 121 Å². The van der Waals surface area contributed by atoms with Crippen LogP contribution in [0.1, 0.15) is 28.3 Å². The number of nitrogens with two attached hydrogens (primary N) is 1. The van der Waals surface area contributed by atoms with Gasteiger partial charge >= 0.3 is 6.18 Å². The fraction of sp³-hybridized carbons (Fsp3) is 0.267. The first-order valence-corrected chi connectivity index (χ1v) is 6.44. The fourth-order valence-electron chi connectivity index (χ4n) is 2.21. The highest BCUT2D eigenvalue weighted by Crippen LogP contribution is 2.30. The topological polar surface area (TPSA) is 50.9 Å². The number of halogens is 3. The molecule has 2 rings (SSSR count). The minimum atomic E-state index is -4.34. The van der Waals surface area contributed by atoms with Gasteiger partial charge in [0.25, 0.3) is 0 Å². The number of benzene rings is 1. The Morgan fingerprint density at radius 3 is 2.67 bits per heavy atom. The van der Waals surface area contributed by atoms with Gasteiger partial charge in [-0.2, -0.15) is 13.2 Å². The number of aryl methyl sites for hydroxylation is 1. The Bertz CT molecular complexity index is 611. The van der Waals surface area contributed by atoms with Gasteiger partial charge in [-0.15, -0.1) is 0 Å². The van der Waals surface area contributed by atoms with E-state index in [0.29, 0.717) is 12.0 Å². The molecule has 1 heterocycles. The van der Waals surface area contributed by atoms with E-state index in [-0.39, 0.29) is 6.04 Å². The van der Waals surface area contributed by atoms with Crippen LogP contribution in [0, 0.1) is 6.92 Å². The average Bonchev–Trinajstić information content (AvgIpc) is 2.45. The molecular formula is C15H16F3N3.